The second-order valence-corrected chi connectivity index (χ2v) is 5.32. The van der Waals surface area contributed by atoms with E-state index in [-0.39, 0.29) is 24.6 Å². The normalized spacial score (nSPS) is 10.0. The van der Waals surface area contributed by atoms with Gasteiger partial charge in [0.25, 0.3) is 5.91 Å². The van der Waals surface area contributed by atoms with Crippen molar-refractivity contribution in [3.8, 4) is 23.0 Å². The highest BCUT2D eigenvalue weighted by Gasteiger charge is 2.16. The fraction of sp³-hybridized carbons (Fsp3) is 0.278. The summed E-state index contributed by atoms with van der Waals surface area (Å²) >= 11 is 0. The molecule has 1 N–H and O–H groups in total. The van der Waals surface area contributed by atoms with E-state index < -0.39 is 10.8 Å². The fourth-order valence-corrected chi connectivity index (χ4v) is 2.36. The van der Waals surface area contributed by atoms with Crippen molar-refractivity contribution < 1.29 is 28.7 Å². The number of nitrogens with zero attached hydrogens (tertiary/aromatic N) is 1. The topological polar surface area (TPSA) is 109 Å². The molecule has 9 heteroatoms. The summed E-state index contributed by atoms with van der Waals surface area (Å²) in [6, 6.07) is 9.29. The first kappa shape index (κ1) is 19.8. The predicted molar refractivity (Wildman–Crippen MR) is 96.5 cm³/mol. The van der Waals surface area contributed by atoms with Gasteiger partial charge in [-0.05, 0) is 23.8 Å². The Morgan fingerprint density at radius 2 is 1.67 bits per heavy atom. The van der Waals surface area contributed by atoms with Crippen LogP contribution in [0.3, 0.4) is 0 Å². The molecule has 144 valence electrons. The average Bonchev–Trinajstić information content (AvgIpc) is 2.69. The number of nitrogens with one attached hydrogen (secondary N) is 1. The Labute approximate surface area is 155 Å². The minimum absolute atomic E-state index is 0.0328. The number of nitro groups is 1. The van der Waals surface area contributed by atoms with Gasteiger partial charge in [-0.2, -0.15) is 0 Å². The first-order valence-corrected chi connectivity index (χ1v) is 7.92. The zero-order valence-electron chi connectivity index (χ0n) is 15.2. The van der Waals surface area contributed by atoms with Gasteiger partial charge in [0.2, 0.25) is 5.75 Å². The molecule has 0 aliphatic rings. The molecule has 1 amide bonds. The van der Waals surface area contributed by atoms with Crippen LogP contribution in [0.1, 0.15) is 5.56 Å². The molecule has 0 bridgehead atoms. The summed E-state index contributed by atoms with van der Waals surface area (Å²) in [5.74, 6) is 0.997. The molecule has 0 atom stereocenters. The van der Waals surface area contributed by atoms with Gasteiger partial charge in [-0.3, -0.25) is 14.9 Å². The molecule has 0 fully saturated rings. The van der Waals surface area contributed by atoms with Crippen LogP contribution in [-0.2, 0) is 11.3 Å². The van der Waals surface area contributed by atoms with Crippen molar-refractivity contribution >= 4 is 11.6 Å². The van der Waals surface area contributed by atoms with Gasteiger partial charge in [-0.25, -0.2) is 0 Å². The number of hydrogen-bond acceptors (Lipinski definition) is 7. The molecule has 0 unspecified atom stereocenters. The minimum Gasteiger partial charge on any atom is -0.493 e. The van der Waals surface area contributed by atoms with Crippen LogP contribution in [0, 0.1) is 10.1 Å². The lowest BCUT2D eigenvalue weighted by molar-refractivity contribution is -0.385. The average molecular weight is 376 g/mol. The molecule has 9 nitrogen and oxygen atoms in total. The third kappa shape index (κ3) is 5.00. The molecule has 0 aromatic heterocycles. The molecule has 0 heterocycles. The Kier molecular flexibility index (Phi) is 6.81. The van der Waals surface area contributed by atoms with Crippen LogP contribution in [0.15, 0.2) is 36.4 Å². The van der Waals surface area contributed by atoms with Crippen molar-refractivity contribution in [2.45, 2.75) is 6.54 Å². The number of benzene rings is 2. The van der Waals surface area contributed by atoms with Gasteiger partial charge in [0.1, 0.15) is 0 Å². The Morgan fingerprint density at radius 3 is 2.22 bits per heavy atom. The van der Waals surface area contributed by atoms with Gasteiger partial charge < -0.3 is 24.3 Å². The third-order valence-electron chi connectivity index (χ3n) is 3.63. The highest BCUT2D eigenvalue weighted by atomic mass is 16.6. The second kappa shape index (κ2) is 9.27. The molecule has 0 radical (unpaired) electrons. The van der Waals surface area contributed by atoms with E-state index in [0.717, 1.165) is 5.56 Å². The van der Waals surface area contributed by atoms with E-state index in [0.29, 0.717) is 17.2 Å². The van der Waals surface area contributed by atoms with Crippen molar-refractivity contribution in [1.82, 2.24) is 5.32 Å². The van der Waals surface area contributed by atoms with E-state index >= 15 is 0 Å². The molecule has 0 saturated carbocycles. The summed E-state index contributed by atoms with van der Waals surface area (Å²) in [6.07, 6.45) is 0. The molecular formula is C18H20N2O7. The summed E-state index contributed by atoms with van der Waals surface area (Å²) in [4.78, 5) is 22.4. The first-order chi connectivity index (χ1) is 13.0. The summed E-state index contributed by atoms with van der Waals surface area (Å²) in [5.41, 5.74) is 0.526. The molecule has 27 heavy (non-hydrogen) atoms. The van der Waals surface area contributed by atoms with Crippen LogP contribution in [-0.4, -0.2) is 38.8 Å². The predicted octanol–water partition coefficient (Wildman–Crippen LogP) is 2.32. The maximum atomic E-state index is 12.0. The summed E-state index contributed by atoms with van der Waals surface area (Å²) in [7, 11) is 4.50. The third-order valence-corrected chi connectivity index (χ3v) is 3.63. The Hall–Kier alpha value is -3.49. The monoisotopic (exact) mass is 376 g/mol. The van der Waals surface area contributed by atoms with Crippen LogP contribution < -0.4 is 24.3 Å². The van der Waals surface area contributed by atoms with Crippen molar-refractivity contribution in [2.24, 2.45) is 0 Å². The number of carbonyl (C=O) groups excluding carboxylic acids is 1. The maximum Gasteiger partial charge on any atom is 0.310 e. The number of nitro benzene ring substituents is 1. The highest BCUT2D eigenvalue weighted by molar-refractivity contribution is 5.77. The SMILES string of the molecule is COc1cc(CNC(=O)COc2ccccc2[N+](=O)[O-])cc(OC)c1OC. The lowest BCUT2D eigenvalue weighted by atomic mass is 10.1. The smallest absolute Gasteiger partial charge is 0.310 e. The van der Waals surface area contributed by atoms with Gasteiger partial charge >= 0.3 is 5.69 Å². The van der Waals surface area contributed by atoms with E-state index in [1.54, 1.807) is 18.2 Å². The van der Waals surface area contributed by atoms with E-state index in [9.17, 15) is 14.9 Å². The summed E-state index contributed by atoms with van der Waals surface area (Å²) < 4.78 is 21.0. The Bertz CT molecular complexity index is 798. The first-order valence-electron chi connectivity index (χ1n) is 7.92. The standard InChI is InChI=1S/C18H20N2O7/c1-24-15-8-12(9-16(25-2)18(15)26-3)10-19-17(21)11-27-14-7-5-4-6-13(14)20(22)23/h4-9H,10-11H2,1-3H3,(H,19,21). The molecule has 0 spiro atoms. The number of carbonyl (C=O) groups is 1. The number of para-hydroxylation sites is 2. The van der Waals surface area contributed by atoms with Gasteiger partial charge in [-0.15, -0.1) is 0 Å². The molecule has 0 aliphatic heterocycles. The number of rotatable bonds is 9. The van der Waals surface area contributed by atoms with Crippen LogP contribution in [0.2, 0.25) is 0 Å². The minimum atomic E-state index is -0.566. The number of ether oxygens (including phenoxy) is 4. The van der Waals surface area contributed by atoms with E-state index in [2.05, 4.69) is 5.32 Å². The summed E-state index contributed by atoms with van der Waals surface area (Å²) in [6.45, 7) is -0.162. The van der Waals surface area contributed by atoms with Crippen LogP contribution in [0.5, 0.6) is 23.0 Å². The lowest BCUT2D eigenvalue weighted by Crippen LogP contribution is -2.28. The molecule has 2 rings (SSSR count). The van der Waals surface area contributed by atoms with Gasteiger partial charge in [-0.1, -0.05) is 12.1 Å². The lowest BCUT2D eigenvalue weighted by Gasteiger charge is -2.14. The molecule has 0 aliphatic carbocycles. The van der Waals surface area contributed by atoms with E-state index in [4.69, 9.17) is 18.9 Å². The molecular weight excluding hydrogens is 356 g/mol. The number of hydrogen-bond donors (Lipinski definition) is 1. The summed E-state index contributed by atoms with van der Waals surface area (Å²) in [5, 5.41) is 13.6. The second-order valence-electron chi connectivity index (χ2n) is 5.32. The maximum absolute atomic E-state index is 12.0. The van der Waals surface area contributed by atoms with E-state index in [1.807, 2.05) is 0 Å². The fourth-order valence-electron chi connectivity index (χ4n) is 2.36. The van der Waals surface area contributed by atoms with Crippen LogP contribution in [0.4, 0.5) is 5.69 Å². The van der Waals surface area contributed by atoms with Crippen LogP contribution >= 0.6 is 0 Å². The Balaban J connectivity index is 1.99. The molecule has 0 saturated heterocycles. The largest absolute Gasteiger partial charge is 0.493 e. The van der Waals surface area contributed by atoms with Crippen molar-refractivity contribution in [2.75, 3.05) is 27.9 Å². The van der Waals surface area contributed by atoms with Gasteiger partial charge in [0.15, 0.2) is 23.9 Å². The zero-order chi connectivity index (χ0) is 19.8. The zero-order valence-corrected chi connectivity index (χ0v) is 15.2. The van der Waals surface area contributed by atoms with Gasteiger partial charge in [0.05, 0.1) is 26.3 Å². The molecule has 2 aromatic carbocycles. The van der Waals surface area contributed by atoms with Crippen molar-refractivity contribution in [3.05, 3.63) is 52.1 Å². The quantitative estimate of drug-likeness (QED) is 0.528. The van der Waals surface area contributed by atoms with Crippen molar-refractivity contribution in [1.29, 1.82) is 0 Å². The Morgan fingerprint density at radius 1 is 1.04 bits per heavy atom. The number of methoxy groups -OCH3 is 3. The van der Waals surface area contributed by atoms with Crippen molar-refractivity contribution in [3.63, 3.8) is 0 Å². The number of amides is 1. The van der Waals surface area contributed by atoms with Crippen LogP contribution in [0.25, 0.3) is 0 Å². The molecule has 2 aromatic rings. The van der Waals surface area contributed by atoms with E-state index in [1.165, 1.54) is 39.5 Å². The van der Waals surface area contributed by atoms with Gasteiger partial charge in [0, 0.05) is 12.6 Å². The highest BCUT2D eigenvalue weighted by Crippen LogP contribution is 2.38.